The molecule has 3 heterocycles. The Bertz CT molecular complexity index is 1150. The van der Waals surface area contributed by atoms with Gasteiger partial charge in [0.15, 0.2) is 11.6 Å². The first-order chi connectivity index (χ1) is 14.1. The van der Waals surface area contributed by atoms with E-state index in [4.69, 9.17) is 4.42 Å². The summed E-state index contributed by atoms with van der Waals surface area (Å²) in [7, 11) is 0. The standard InChI is InChI=1S/C20H16N6O3/c1-12-7-8-13(11-15(12)22-19(28)16-6-4-10-29-16)18(27)24-20-23-17(25-26-20)14-5-2-3-9-21-14/h2-11H,1H3,(H,22,28)(H2,23,24,25,26,27). The molecule has 9 heteroatoms. The minimum Gasteiger partial charge on any atom is -0.459 e. The van der Waals surface area contributed by atoms with Crippen molar-refractivity contribution in [2.24, 2.45) is 0 Å². The number of anilines is 2. The van der Waals surface area contributed by atoms with Gasteiger partial charge in [0.25, 0.3) is 11.8 Å². The van der Waals surface area contributed by atoms with Crippen molar-refractivity contribution in [2.45, 2.75) is 6.92 Å². The van der Waals surface area contributed by atoms with E-state index in [9.17, 15) is 9.59 Å². The van der Waals surface area contributed by atoms with Gasteiger partial charge in [0.05, 0.1) is 6.26 Å². The minimum absolute atomic E-state index is 0.123. The third kappa shape index (κ3) is 4.03. The molecule has 0 saturated heterocycles. The molecule has 0 aliphatic heterocycles. The molecule has 0 unspecified atom stereocenters. The summed E-state index contributed by atoms with van der Waals surface area (Å²) in [5, 5.41) is 12.1. The van der Waals surface area contributed by atoms with Crippen molar-refractivity contribution < 1.29 is 14.0 Å². The van der Waals surface area contributed by atoms with E-state index in [1.807, 2.05) is 13.0 Å². The van der Waals surface area contributed by atoms with Crippen LogP contribution in [0.1, 0.15) is 26.5 Å². The van der Waals surface area contributed by atoms with Crippen molar-refractivity contribution in [1.29, 1.82) is 0 Å². The number of nitrogens with one attached hydrogen (secondary N) is 3. The molecule has 144 valence electrons. The van der Waals surface area contributed by atoms with Gasteiger partial charge in [-0.3, -0.25) is 25.0 Å². The summed E-state index contributed by atoms with van der Waals surface area (Å²) in [6.07, 6.45) is 3.06. The summed E-state index contributed by atoms with van der Waals surface area (Å²) >= 11 is 0. The molecule has 9 nitrogen and oxygen atoms in total. The smallest absolute Gasteiger partial charge is 0.291 e. The number of hydrogen-bond donors (Lipinski definition) is 3. The Hall–Kier alpha value is -4.27. The number of nitrogens with zero attached hydrogens (tertiary/aromatic N) is 3. The van der Waals surface area contributed by atoms with Gasteiger partial charge in [-0.25, -0.2) is 0 Å². The van der Waals surface area contributed by atoms with Gasteiger partial charge in [-0.15, -0.1) is 5.10 Å². The van der Waals surface area contributed by atoms with E-state index in [1.165, 1.54) is 6.26 Å². The Balaban J connectivity index is 1.49. The number of carbonyl (C=O) groups excluding carboxylic acids is 2. The number of aryl methyl sites for hydroxylation is 1. The molecular formula is C20H16N6O3. The van der Waals surface area contributed by atoms with Crippen LogP contribution < -0.4 is 10.6 Å². The zero-order valence-corrected chi connectivity index (χ0v) is 15.3. The lowest BCUT2D eigenvalue weighted by Gasteiger charge is -2.09. The largest absolute Gasteiger partial charge is 0.459 e. The van der Waals surface area contributed by atoms with Gasteiger partial charge in [-0.1, -0.05) is 12.1 Å². The third-order valence-corrected chi connectivity index (χ3v) is 4.11. The fourth-order valence-corrected chi connectivity index (χ4v) is 2.60. The van der Waals surface area contributed by atoms with Gasteiger partial charge in [-0.2, -0.15) is 4.98 Å². The van der Waals surface area contributed by atoms with E-state index in [1.54, 1.807) is 48.7 Å². The van der Waals surface area contributed by atoms with Crippen LogP contribution in [0.5, 0.6) is 0 Å². The lowest BCUT2D eigenvalue weighted by atomic mass is 10.1. The molecule has 29 heavy (non-hydrogen) atoms. The summed E-state index contributed by atoms with van der Waals surface area (Å²) in [4.78, 5) is 33.2. The quantitative estimate of drug-likeness (QED) is 0.482. The van der Waals surface area contributed by atoms with E-state index < -0.39 is 11.8 Å². The van der Waals surface area contributed by atoms with Crippen molar-refractivity contribution in [1.82, 2.24) is 20.2 Å². The molecule has 4 aromatic rings. The molecule has 0 aliphatic rings. The number of amides is 2. The number of hydrogen-bond acceptors (Lipinski definition) is 6. The van der Waals surface area contributed by atoms with Gasteiger partial charge < -0.3 is 9.73 Å². The summed E-state index contributed by atoms with van der Waals surface area (Å²) in [6.45, 7) is 1.83. The number of furan rings is 1. The maximum Gasteiger partial charge on any atom is 0.291 e. The van der Waals surface area contributed by atoms with Crippen LogP contribution in [0.2, 0.25) is 0 Å². The van der Waals surface area contributed by atoms with Crippen LogP contribution in [0.15, 0.2) is 65.4 Å². The SMILES string of the molecule is Cc1ccc(C(=O)Nc2n[nH]c(-c3ccccn3)n2)cc1NC(=O)c1ccco1. The zero-order valence-electron chi connectivity index (χ0n) is 15.3. The average molecular weight is 388 g/mol. The van der Waals surface area contributed by atoms with Crippen molar-refractivity contribution in [3.05, 3.63) is 77.9 Å². The van der Waals surface area contributed by atoms with Gasteiger partial charge in [0.1, 0.15) is 5.69 Å². The lowest BCUT2D eigenvalue weighted by molar-refractivity contribution is 0.0993. The number of aromatic amines is 1. The fraction of sp³-hybridized carbons (Fsp3) is 0.0500. The van der Waals surface area contributed by atoms with Crippen LogP contribution in [0.4, 0.5) is 11.6 Å². The number of carbonyl (C=O) groups is 2. The van der Waals surface area contributed by atoms with Crippen LogP contribution in [0, 0.1) is 6.92 Å². The minimum atomic E-state index is -0.412. The summed E-state index contributed by atoms with van der Waals surface area (Å²) in [5.41, 5.74) is 2.26. The number of pyridine rings is 1. The van der Waals surface area contributed by atoms with Crippen LogP contribution in [0.3, 0.4) is 0 Å². The molecule has 0 fully saturated rings. The second kappa shape index (κ2) is 7.77. The molecule has 1 aromatic carbocycles. The first-order valence-corrected chi connectivity index (χ1v) is 8.71. The Labute approximate surface area is 165 Å². The average Bonchev–Trinajstić information content (AvgIpc) is 3.42. The third-order valence-electron chi connectivity index (χ3n) is 4.11. The van der Waals surface area contributed by atoms with Crippen molar-refractivity contribution >= 4 is 23.5 Å². The maximum absolute atomic E-state index is 12.6. The Morgan fingerprint density at radius 3 is 2.69 bits per heavy atom. The van der Waals surface area contributed by atoms with Gasteiger partial charge >= 0.3 is 0 Å². The summed E-state index contributed by atoms with van der Waals surface area (Å²) in [6, 6.07) is 13.6. The van der Waals surface area contributed by atoms with Crippen molar-refractivity contribution in [3.8, 4) is 11.5 Å². The van der Waals surface area contributed by atoms with Crippen LogP contribution in [0.25, 0.3) is 11.5 Å². The first kappa shape index (κ1) is 18.1. The molecule has 0 spiro atoms. The molecule has 0 atom stereocenters. The lowest BCUT2D eigenvalue weighted by Crippen LogP contribution is -2.15. The molecule has 3 aromatic heterocycles. The molecule has 0 radical (unpaired) electrons. The van der Waals surface area contributed by atoms with Crippen LogP contribution >= 0.6 is 0 Å². The highest BCUT2D eigenvalue weighted by molar-refractivity contribution is 6.06. The second-order valence-electron chi connectivity index (χ2n) is 6.14. The zero-order chi connectivity index (χ0) is 20.2. The first-order valence-electron chi connectivity index (χ1n) is 8.71. The molecule has 4 rings (SSSR count). The van der Waals surface area contributed by atoms with Crippen molar-refractivity contribution in [3.63, 3.8) is 0 Å². The monoisotopic (exact) mass is 388 g/mol. The number of benzene rings is 1. The highest BCUT2D eigenvalue weighted by Crippen LogP contribution is 2.19. The molecule has 0 saturated carbocycles. The van der Waals surface area contributed by atoms with Crippen LogP contribution in [-0.4, -0.2) is 32.0 Å². The van der Waals surface area contributed by atoms with Crippen molar-refractivity contribution in [2.75, 3.05) is 10.6 Å². The number of rotatable bonds is 5. The predicted molar refractivity (Wildman–Crippen MR) is 105 cm³/mol. The molecule has 3 N–H and O–H groups in total. The van der Waals surface area contributed by atoms with E-state index in [-0.39, 0.29) is 11.7 Å². The Morgan fingerprint density at radius 1 is 1.03 bits per heavy atom. The van der Waals surface area contributed by atoms with Gasteiger partial charge in [0.2, 0.25) is 5.95 Å². The van der Waals surface area contributed by atoms with E-state index >= 15 is 0 Å². The van der Waals surface area contributed by atoms with Crippen LogP contribution in [-0.2, 0) is 0 Å². The second-order valence-corrected chi connectivity index (χ2v) is 6.14. The highest BCUT2D eigenvalue weighted by Gasteiger charge is 2.15. The van der Waals surface area contributed by atoms with E-state index in [0.29, 0.717) is 22.8 Å². The van der Waals surface area contributed by atoms with E-state index in [0.717, 1.165) is 5.56 Å². The van der Waals surface area contributed by atoms with Gasteiger partial charge in [-0.05, 0) is 48.9 Å². The van der Waals surface area contributed by atoms with E-state index in [2.05, 4.69) is 30.8 Å². The fourth-order valence-electron chi connectivity index (χ4n) is 2.60. The number of H-pyrrole nitrogens is 1. The molecular weight excluding hydrogens is 372 g/mol. The molecule has 0 aliphatic carbocycles. The topological polar surface area (TPSA) is 126 Å². The number of aromatic nitrogens is 4. The molecule has 2 amide bonds. The Kier molecular flexibility index (Phi) is 4.85. The highest BCUT2D eigenvalue weighted by atomic mass is 16.3. The Morgan fingerprint density at radius 2 is 1.93 bits per heavy atom. The predicted octanol–water partition coefficient (Wildman–Crippen LogP) is 3.27. The summed E-state index contributed by atoms with van der Waals surface area (Å²) < 4.78 is 5.09. The normalized spacial score (nSPS) is 10.5. The summed E-state index contributed by atoms with van der Waals surface area (Å²) in [5.74, 6) is -0.0645. The molecule has 0 bridgehead atoms. The van der Waals surface area contributed by atoms with Gasteiger partial charge in [0, 0.05) is 17.4 Å². The maximum atomic E-state index is 12.6.